The zero-order valence-electron chi connectivity index (χ0n) is 6.58. The molecule has 2 heteroatoms. The van der Waals surface area contributed by atoms with Crippen LogP contribution in [0, 0.1) is 0 Å². The average Bonchev–Trinajstić information content (AvgIpc) is 2.03. The van der Waals surface area contributed by atoms with Crippen molar-refractivity contribution in [2.24, 2.45) is 0 Å². The van der Waals surface area contributed by atoms with Crippen molar-refractivity contribution < 1.29 is 4.74 Å². The molecule has 1 rings (SSSR count). The van der Waals surface area contributed by atoms with E-state index in [0.717, 1.165) is 5.75 Å². The molecule has 2 nitrogen and oxygen atoms in total. The second-order valence-electron chi connectivity index (χ2n) is 2.53. The quantitative estimate of drug-likeness (QED) is 0.646. The first-order chi connectivity index (χ1) is 5.29. The molecule has 0 saturated heterocycles. The van der Waals surface area contributed by atoms with Gasteiger partial charge in [-0.3, -0.25) is 5.73 Å². The SMILES string of the molecule is C[C@@H]([NH])COc1ccccc1. The molecule has 1 atom stereocenters. The lowest BCUT2D eigenvalue weighted by Gasteiger charge is -2.06. The molecule has 1 aromatic carbocycles. The maximum Gasteiger partial charge on any atom is 0.119 e. The van der Waals surface area contributed by atoms with E-state index in [2.05, 4.69) is 0 Å². The Morgan fingerprint density at radius 2 is 2.00 bits per heavy atom. The van der Waals surface area contributed by atoms with E-state index >= 15 is 0 Å². The van der Waals surface area contributed by atoms with Crippen LogP contribution in [0.4, 0.5) is 0 Å². The van der Waals surface area contributed by atoms with Crippen molar-refractivity contribution in [1.29, 1.82) is 0 Å². The van der Waals surface area contributed by atoms with Gasteiger partial charge in [0.05, 0.1) is 6.04 Å². The summed E-state index contributed by atoms with van der Waals surface area (Å²) in [4.78, 5) is 0. The van der Waals surface area contributed by atoms with Crippen LogP contribution in [-0.2, 0) is 0 Å². The van der Waals surface area contributed by atoms with E-state index in [1.807, 2.05) is 37.3 Å². The van der Waals surface area contributed by atoms with E-state index in [-0.39, 0.29) is 6.04 Å². The Morgan fingerprint density at radius 3 is 2.55 bits per heavy atom. The first kappa shape index (κ1) is 8.08. The van der Waals surface area contributed by atoms with Crippen LogP contribution < -0.4 is 10.5 Å². The Balaban J connectivity index is 2.39. The van der Waals surface area contributed by atoms with Gasteiger partial charge in [0.2, 0.25) is 0 Å². The summed E-state index contributed by atoms with van der Waals surface area (Å²) in [7, 11) is 0. The number of benzene rings is 1. The summed E-state index contributed by atoms with van der Waals surface area (Å²) >= 11 is 0. The molecule has 1 radical (unpaired) electrons. The lowest BCUT2D eigenvalue weighted by molar-refractivity contribution is 0.293. The van der Waals surface area contributed by atoms with E-state index < -0.39 is 0 Å². The van der Waals surface area contributed by atoms with Crippen molar-refractivity contribution in [3.63, 3.8) is 0 Å². The fourth-order valence-corrected chi connectivity index (χ4v) is 0.738. The molecule has 0 heterocycles. The molecule has 0 unspecified atom stereocenters. The lowest BCUT2D eigenvalue weighted by atomic mass is 10.3. The van der Waals surface area contributed by atoms with Gasteiger partial charge in [-0.05, 0) is 19.1 Å². The molecule has 0 saturated carbocycles. The Labute approximate surface area is 67.0 Å². The summed E-state index contributed by atoms with van der Waals surface area (Å²) in [6.07, 6.45) is 0. The first-order valence-electron chi connectivity index (χ1n) is 3.68. The van der Waals surface area contributed by atoms with Crippen molar-refractivity contribution in [3.8, 4) is 5.75 Å². The monoisotopic (exact) mass is 150 g/mol. The molecule has 0 fully saturated rings. The molecule has 0 spiro atoms. The summed E-state index contributed by atoms with van der Waals surface area (Å²) < 4.78 is 5.28. The lowest BCUT2D eigenvalue weighted by Crippen LogP contribution is -2.14. The van der Waals surface area contributed by atoms with Crippen LogP contribution in [0.2, 0.25) is 0 Å². The van der Waals surface area contributed by atoms with Crippen LogP contribution >= 0.6 is 0 Å². The molecule has 1 N–H and O–H groups in total. The number of nitrogens with one attached hydrogen (secondary N) is 1. The van der Waals surface area contributed by atoms with Gasteiger partial charge in [0.15, 0.2) is 0 Å². The predicted octanol–water partition coefficient (Wildman–Crippen LogP) is 1.74. The highest BCUT2D eigenvalue weighted by Gasteiger charge is 1.94. The molecule has 0 aliphatic heterocycles. The highest BCUT2D eigenvalue weighted by atomic mass is 16.5. The standard InChI is InChI=1S/C9H12NO/c1-8(10)7-11-9-5-3-2-4-6-9/h2-6,8,10H,7H2,1H3/t8-/m1/s1. The molecule has 0 amide bonds. The third kappa shape index (κ3) is 3.05. The summed E-state index contributed by atoms with van der Waals surface area (Å²) in [5.74, 6) is 0.839. The molecule has 0 aliphatic rings. The zero-order chi connectivity index (χ0) is 8.10. The number of hydrogen-bond donors (Lipinski definition) is 0. The average molecular weight is 150 g/mol. The van der Waals surface area contributed by atoms with Gasteiger partial charge in [-0.25, -0.2) is 0 Å². The highest BCUT2D eigenvalue weighted by molar-refractivity contribution is 5.20. The minimum Gasteiger partial charge on any atom is -0.492 e. The first-order valence-corrected chi connectivity index (χ1v) is 3.68. The van der Waals surface area contributed by atoms with Crippen molar-refractivity contribution in [2.75, 3.05) is 6.61 Å². The van der Waals surface area contributed by atoms with Gasteiger partial charge in [0, 0.05) is 0 Å². The number of rotatable bonds is 3. The van der Waals surface area contributed by atoms with Crippen LogP contribution in [0.3, 0.4) is 0 Å². The van der Waals surface area contributed by atoms with E-state index in [1.54, 1.807) is 0 Å². The van der Waals surface area contributed by atoms with Gasteiger partial charge < -0.3 is 4.74 Å². The van der Waals surface area contributed by atoms with Crippen molar-refractivity contribution in [1.82, 2.24) is 5.73 Å². The van der Waals surface area contributed by atoms with Crippen LogP contribution in [0.1, 0.15) is 6.92 Å². The molecular formula is C9H12NO. The number of para-hydroxylation sites is 1. The van der Waals surface area contributed by atoms with E-state index in [4.69, 9.17) is 10.5 Å². The summed E-state index contributed by atoms with van der Waals surface area (Å²) in [5.41, 5.74) is 7.20. The Kier molecular flexibility index (Phi) is 2.93. The summed E-state index contributed by atoms with van der Waals surface area (Å²) in [6.45, 7) is 2.27. The zero-order valence-corrected chi connectivity index (χ0v) is 6.58. The Hall–Kier alpha value is -1.02. The van der Waals surface area contributed by atoms with Crippen LogP contribution in [0.5, 0.6) is 5.75 Å². The van der Waals surface area contributed by atoms with Crippen molar-refractivity contribution in [2.45, 2.75) is 13.0 Å². The Bertz CT molecular complexity index is 196. The van der Waals surface area contributed by atoms with E-state index in [0.29, 0.717) is 6.61 Å². The molecular weight excluding hydrogens is 138 g/mol. The van der Waals surface area contributed by atoms with Gasteiger partial charge in [-0.15, -0.1) is 0 Å². The third-order valence-electron chi connectivity index (χ3n) is 1.24. The number of ether oxygens (including phenoxy) is 1. The molecule has 0 bridgehead atoms. The minimum absolute atomic E-state index is 0.157. The second kappa shape index (κ2) is 3.98. The Morgan fingerprint density at radius 1 is 1.36 bits per heavy atom. The van der Waals surface area contributed by atoms with Gasteiger partial charge >= 0.3 is 0 Å². The highest BCUT2D eigenvalue weighted by Crippen LogP contribution is 2.07. The molecule has 11 heavy (non-hydrogen) atoms. The van der Waals surface area contributed by atoms with E-state index in [1.165, 1.54) is 0 Å². The second-order valence-corrected chi connectivity index (χ2v) is 2.53. The molecule has 0 aliphatic carbocycles. The fourth-order valence-electron chi connectivity index (χ4n) is 0.738. The fraction of sp³-hybridized carbons (Fsp3) is 0.333. The van der Waals surface area contributed by atoms with Crippen LogP contribution in [0.15, 0.2) is 30.3 Å². The van der Waals surface area contributed by atoms with Gasteiger partial charge in [0.1, 0.15) is 12.4 Å². The van der Waals surface area contributed by atoms with Gasteiger partial charge in [0.25, 0.3) is 0 Å². The summed E-state index contributed by atoms with van der Waals surface area (Å²) in [6, 6.07) is 9.41. The normalized spacial score (nSPS) is 12.5. The number of hydrogen-bond acceptors (Lipinski definition) is 1. The van der Waals surface area contributed by atoms with Crippen LogP contribution in [0.25, 0.3) is 0 Å². The predicted molar refractivity (Wildman–Crippen MR) is 44.5 cm³/mol. The summed E-state index contributed by atoms with van der Waals surface area (Å²) in [5, 5.41) is 0. The topological polar surface area (TPSA) is 33.0 Å². The molecule has 0 aromatic heterocycles. The molecule has 1 aromatic rings. The molecule has 59 valence electrons. The van der Waals surface area contributed by atoms with Crippen molar-refractivity contribution >= 4 is 0 Å². The van der Waals surface area contributed by atoms with Gasteiger partial charge in [-0.1, -0.05) is 18.2 Å². The largest absolute Gasteiger partial charge is 0.492 e. The third-order valence-corrected chi connectivity index (χ3v) is 1.24. The van der Waals surface area contributed by atoms with Crippen LogP contribution in [-0.4, -0.2) is 12.6 Å². The minimum atomic E-state index is -0.157. The smallest absolute Gasteiger partial charge is 0.119 e. The maximum absolute atomic E-state index is 7.20. The maximum atomic E-state index is 7.20. The van der Waals surface area contributed by atoms with Gasteiger partial charge in [-0.2, -0.15) is 0 Å². The van der Waals surface area contributed by atoms with E-state index in [9.17, 15) is 0 Å². The van der Waals surface area contributed by atoms with Crippen molar-refractivity contribution in [3.05, 3.63) is 30.3 Å².